The summed E-state index contributed by atoms with van der Waals surface area (Å²) >= 11 is 6.18. The van der Waals surface area contributed by atoms with Crippen LogP contribution in [-0.2, 0) is 19.3 Å². The van der Waals surface area contributed by atoms with Gasteiger partial charge in [-0.05, 0) is 122 Å². The molecule has 8 rings (SSSR count). The molecule has 0 radical (unpaired) electrons. The van der Waals surface area contributed by atoms with Crippen molar-refractivity contribution >= 4 is 73.3 Å². The lowest BCUT2D eigenvalue weighted by Gasteiger charge is -2.17. The lowest BCUT2D eigenvalue weighted by atomic mass is 10.0. The zero-order valence-electron chi connectivity index (χ0n) is 38.3. The number of pyridine rings is 2. The second-order valence-corrected chi connectivity index (χ2v) is 15.6. The molecule has 4 aromatic heterocycles. The molecule has 0 saturated carbocycles. The van der Waals surface area contributed by atoms with Gasteiger partial charge in [-0.2, -0.15) is 9.97 Å². The molecule has 0 aliphatic heterocycles. The summed E-state index contributed by atoms with van der Waals surface area (Å²) in [5.41, 5.74) is 15.4. The molecule has 0 aliphatic rings. The van der Waals surface area contributed by atoms with Crippen LogP contribution in [0.4, 0.5) is 48.7 Å². The number of nitrogens with zero attached hydrogens (tertiary/aromatic N) is 8. The van der Waals surface area contributed by atoms with Crippen LogP contribution in [0.1, 0.15) is 58.9 Å². The number of benzene rings is 4. The van der Waals surface area contributed by atoms with Crippen molar-refractivity contribution in [2.24, 2.45) is 0 Å². The minimum Gasteiger partial charge on any atom is -0.480 e. The number of aryl methyl sites for hydroxylation is 6. The SMILES string of the molecule is CCc1nc(OC)c2cc(Cc3c(C)ccnc3Cl)cc(F)c2n1.[C-]#[N+]c1ccc(N)cc1C.[C-]#[N+]c1ccc(Nc2nccc(C)c2Nc2cc(F)c3nc(CC)nc(OC)c3c2)cc1C. The van der Waals surface area contributed by atoms with Crippen LogP contribution >= 0.6 is 11.6 Å². The second-order valence-electron chi connectivity index (χ2n) is 15.3. The average Bonchev–Trinajstić information content (AvgIpc) is 3.31. The fourth-order valence-electron chi connectivity index (χ4n) is 7.00. The topological polar surface area (TPSA) is 155 Å². The molecule has 0 unspecified atom stereocenters. The minimum absolute atomic E-state index is 0.223. The first-order chi connectivity index (χ1) is 32.2. The van der Waals surface area contributed by atoms with Crippen molar-refractivity contribution in [1.29, 1.82) is 0 Å². The van der Waals surface area contributed by atoms with Gasteiger partial charge < -0.3 is 25.8 Å². The van der Waals surface area contributed by atoms with Crippen molar-refractivity contribution in [2.75, 3.05) is 30.6 Å². The predicted octanol–water partition coefficient (Wildman–Crippen LogP) is 12.8. The van der Waals surface area contributed by atoms with Crippen LogP contribution in [-0.4, -0.2) is 44.1 Å². The Kier molecular flexibility index (Phi) is 15.7. The quantitative estimate of drug-likeness (QED) is 0.0682. The number of rotatable bonds is 10. The summed E-state index contributed by atoms with van der Waals surface area (Å²) in [6, 6.07) is 21.0. The van der Waals surface area contributed by atoms with Gasteiger partial charge in [0.1, 0.15) is 33.7 Å². The van der Waals surface area contributed by atoms with Gasteiger partial charge >= 0.3 is 0 Å². The Morgan fingerprint density at radius 3 is 1.78 bits per heavy atom. The predicted molar refractivity (Wildman–Crippen MR) is 262 cm³/mol. The number of nitrogens with one attached hydrogen (secondary N) is 2. The van der Waals surface area contributed by atoms with Gasteiger partial charge in [0.25, 0.3) is 0 Å². The molecular weight excluding hydrogens is 872 g/mol. The summed E-state index contributed by atoms with van der Waals surface area (Å²) < 4.78 is 40.3. The third kappa shape index (κ3) is 11.5. The first kappa shape index (κ1) is 48.4. The molecule has 0 saturated heterocycles. The molecule has 4 aromatic carbocycles. The summed E-state index contributed by atoms with van der Waals surface area (Å²) in [7, 11) is 3.03. The number of hydrogen-bond acceptors (Lipinski definition) is 11. The summed E-state index contributed by atoms with van der Waals surface area (Å²) in [4.78, 5) is 32.7. The van der Waals surface area contributed by atoms with E-state index >= 15 is 4.39 Å². The van der Waals surface area contributed by atoms with Crippen LogP contribution in [0.5, 0.6) is 11.8 Å². The first-order valence-electron chi connectivity index (χ1n) is 21.1. The maximum absolute atomic E-state index is 15.0. The molecule has 13 nitrogen and oxygen atoms in total. The van der Waals surface area contributed by atoms with Crippen molar-refractivity contribution in [1.82, 2.24) is 29.9 Å². The van der Waals surface area contributed by atoms with E-state index in [-0.39, 0.29) is 11.0 Å². The number of anilines is 5. The Balaban J connectivity index is 0.000000189. The van der Waals surface area contributed by atoms with Gasteiger partial charge in [0.2, 0.25) is 11.8 Å². The van der Waals surface area contributed by atoms with E-state index in [1.807, 2.05) is 71.9 Å². The van der Waals surface area contributed by atoms with Gasteiger partial charge in [0.15, 0.2) is 23.0 Å². The maximum atomic E-state index is 15.0. The van der Waals surface area contributed by atoms with E-state index < -0.39 is 11.6 Å². The lowest BCUT2D eigenvalue weighted by molar-refractivity contribution is 0.400. The number of hydrogen-bond donors (Lipinski definition) is 3. The summed E-state index contributed by atoms with van der Waals surface area (Å²) in [5.74, 6) is 1.50. The van der Waals surface area contributed by atoms with Crippen molar-refractivity contribution in [3.05, 3.63) is 170 Å². The van der Waals surface area contributed by atoms with Crippen LogP contribution in [0, 0.1) is 52.5 Å². The van der Waals surface area contributed by atoms with E-state index in [4.69, 9.17) is 40.0 Å². The van der Waals surface area contributed by atoms with Crippen molar-refractivity contribution in [3.63, 3.8) is 0 Å². The van der Waals surface area contributed by atoms with Crippen molar-refractivity contribution in [2.45, 2.75) is 60.8 Å². The van der Waals surface area contributed by atoms with E-state index in [0.717, 1.165) is 39.1 Å². The highest BCUT2D eigenvalue weighted by Gasteiger charge is 2.17. The van der Waals surface area contributed by atoms with E-state index in [9.17, 15) is 4.39 Å². The first-order valence-corrected chi connectivity index (χ1v) is 21.5. The van der Waals surface area contributed by atoms with Crippen LogP contribution in [0.3, 0.4) is 0 Å². The highest BCUT2D eigenvalue weighted by atomic mass is 35.5. The fourth-order valence-corrected chi connectivity index (χ4v) is 7.27. The molecule has 0 aliphatic carbocycles. The number of fused-ring (bicyclic) bond motifs is 2. The standard InChI is InChI=1S/C25H23FN6O.C18H17ClFN3O.C8H8N2/c1-6-21-31-23-18(25(32-21)33-5)12-17(13-19(23)26)29-22-14(2)9-10-28-24(22)30-16-7-8-20(27-4)15(3)11-16;1-4-15-22-16-13(18(23-15)24-3)8-11(9-14(16)20)7-12-10(2)5-6-21-17(12)19;1-6-5-7(9)3-4-8(6)10-2/h7-13,29H,6H2,1-3,5H3,(H,28,30);5-6,8-9H,4,7H2,1-3H3;3-5H,9H2,1H3. The Morgan fingerprint density at radius 1 is 0.642 bits per heavy atom. The summed E-state index contributed by atoms with van der Waals surface area (Å²) in [5, 5.41) is 8.06. The molecule has 0 spiro atoms. The molecular formula is C51H48ClF2N11O2. The third-order valence-electron chi connectivity index (χ3n) is 10.6. The maximum Gasteiger partial charge on any atom is 0.224 e. The summed E-state index contributed by atoms with van der Waals surface area (Å²) in [6.07, 6.45) is 5.02. The van der Waals surface area contributed by atoms with Crippen molar-refractivity contribution in [3.8, 4) is 11.8 Å². The zero-order chi connectivity index (χ0) is 48.4. The number of nitrogen functional groups attached to an aromatic ring is 1. The lowest BCUT2D eigenvalue weighted by Crippen LogP contribution is -2.04. The van der Waals surface area contributed by atoms with E-state index in [1.54, 1.807) is 42.7 Å². The molecule has 0 bridgehead atoms. The largest absolute Gasteiger partial charge is 0.480 e. The number of halogens is 3. The highest BCUT2D eigenvalue weighted by Crippen LogP contribution is 2.35. The Bertz CT molecular complexity index is 3190. The normalized spacial score (nSPS) is 10.5. The summed E-state index contributed by atoms with van der Waals surface area (Å²) in [6.45, 7) is 25.5. The van der Waals surface area contributed by atoms with E-state index in [2.05, 4.69) is 50.2 Å². The molecule has 16 heteroatoms. The minimum atomic E-state index is -0.466. The smallest absolute Gasteiger partial charge is 0.224 e. The molecule has 4 heterocycles. The van der Waals surface area contributed by atoms with Gasteiger partial charge in [0, 0.05) is 48.7 Å². The van der Waals surface area contributed by atoms with Crippen LogP contribution in [0.15, 0.2) is 85.2 Å². The Labute approximate surface area is 393 Å². The highest BCUT2D eigenvalue weighted by molar-refractivity contribution is 6.30. The average molecular weight is 920 g/mol. The Morgan fingerprint density at radius 2 is 1.21 bits per heavy atom. The third-order valence-corrected chi connectivity index (χ3v) is 10.9. The molecule has 67 heavy (non-hydrogen) atoms. The molecule has 0 atom stereocenters. The van der Waals surface area contributed by atoms with E-state index in [1.165, 1.54) is 26.4 Å². The van der Waals surface area contributed by atoms with Gasteiger partial charge in [-0.25, -0.2) is 38.4 Å². The molecule has 0 amide bonds. The monoisotopic (exact) mass is 919 g/mol. The molecule has 4 N–H and O–H groups in total. The van der Waals surface area contributed by atoms with Gasteiger partial charge in [-0.15, -0.1) is 0 Å². The van der Waals surface area contributed by atoms with Crippen LogP contribution < -0.4 is 25.8 Å². The van der Waals surface area contributed by atoms with Gasteiger partial charge in [-0.1, -0.05) is 37.6 Å². The van der Waals surface area contributed by atoms with E-state index in [0.29, 0.717) is 92.9 Å². The zero-order valence-corrected chi connectivity index (χ0v) is 39.1. The second kappa shape index (κ2) is 21.8. The van der Waals surface area contributed by atoms with Crippen LogP contribution in [0.2, 0.25) is 5.15 Å². The van der Waals surface area contributed by atoms with Gasteiger partial charge in [0.05, 0.1) is 43.8 Å². The van der Waals surface area contributed by atoms with Crippen molar-refractivity contribution < 1.29 is 18.3 Å². The number of ether oxygens (including phenoxy) is 2. The number of nitrogens with two attached hydrogens (primary N) is 1. The molecule has 8 aromatic rings. The molecule has 0 fully saturated rings. The fraction of sp³-hybridized carbons (Fsp3) is 0.216. The Hall–Kier alpha value is -8.01. The number of aromatic nitrogens is 6. The van der Waals surface area contributed by atoms with Crippen LogP contribution in [0.25, 0.3) is 31.5 Å². The molecule has 340 valence electrons. The van der Waals surface area contributed by atoms with Gasteiger partial charge in [-0.3, -0.25) is 0 Å². The number of methoxy groups -OCH3 is 2.